The van der Waals surface area contributed by atoms with Gasteiger partial charge in [-0.05, 0) is 48.5 Å². The molecule has 1 aliphatic heterocycles. The van der Waals surface area contributed by atoms with Gasteiger partial charge in [0.25, 0.3) is 0 Å². The van der Waals surface area contributed by atoms with Crippen molar-refractivity contribution in [2.75, 3.05) is 0 Å². The normalized spacial score (nSPS) is 13.0. The minimum absolute atomic E-state index is 0.0110. The highest BCUT2D eigenvalue weighted by molar-refractivity contribution is 8.01. The molecule has 8 bridgehead atoms. The summed E-state index contributed by atoms with van der Waals surface area (Å²) in [5, 5.41) is 55.4. The Hall–Kier alpha value is -3.29. The van der Waals surface area contributed by atoms with Crippen LogP contribution in [-0.4, -0.2) is 25.4 Å². The van der Waals surface area contributed by atoms with Crippen molar-refractivity contribution in [3.05, 3.63) is 78.3 Å². The fourth-order valence-electron chi connectivity index (χ4n) is 3.62. The average Bonchev–Trinajstić information content (AvgIpc) is 3.45. The maximum absolute atomic E-state index is 11.3. The number of hydrogen-bond donors (Lipinski definition) is 4. The number of benzene rings is 4. The smallest absolute Gasteiger partial charge is 0.229 e. The monoisotopic (exact) mass is 607 g/mol. The first-order chi connectivity index (χ1) is 19.0. The molecule has 39 heavy (non-hydrogen) atoms. The minimum atomic E-state index is -0.0110. The van der Waals surface area contributed by atoms with Crippen LogP contribution in [0.25, 0.3) is 0 Å². The summed E-state index contributed by atoms with van der Waals surface area (Å²) in [5.74, 6) is 0.113. The Balaban J connectivity index is 1.53. The van der Waals surface area contributed by atoms with Gasteiger partial charge in [0.05, 0.1) is 44.9 Å². The van der Waals surface area contributed by atoms with E-state index in [4.69, 9.17) is 0 Å². The molecule has 0 unspecified atom stereocenters. The van der Waals surface area contributed by atoms with Crippen LogP contribution in [-0.2, 0) is 0 Å². The molecular formula is C27H17N3O4S5. The Morgan fingerprint density at radius 3 is 1.28 bits per heavy atom. The molecule has 0 saturated carbocycles. The van der Waals surface area contributed by atoms with Crippen molar-refractivity contribution in [1.82, 2.24) is 4.98 Å². The second-order valence-electron chi connectivity index (χ2n) is 8.02. The van der Waals surface area contributed by atoms with Crippen LogP contribution in [0.15, 0.2) is 128 Å². The van der Waals surface area contributed by atoms with Gasteiger partial charge >= 0.3 is 0 Å². The van der Waals surface area contributed by atoms with Gasteiger partial charge in [0, 0.05) is 11.6 Å². The number of rotatable bonds is 2. The molecule has 2 heterocycles. The van der Waals surface area contributed by atoms with E-state index in [2.05, 4.69) is 15.2 Å². The lowest BCUT2D eigenvalue weighted by atomic mass is 10.3. The zero-order valence-electron chi connectivity index (χ0n) is 19.7. The summed E-state index contributed by atoms with van der Waals surface area (Å²) < 4.78 is 0. The molecule has 12 heteroatoms. The third kappa shape index (κ3) is 5.43. The van der Waals surface area contributed by atoms with Crippen molar-refractivity contribution >= 4 is 69.2 Å². The largest absolute Gasteiger partial charge is 0.506 e. The van der Waals surface area contributed by atoms with Crippen molar-refractivity contribution in [3.63, 3.8) is 0 Å². The van der Waals surface area contributed by atoms with Gasteiger partial charge in [-0.3, -0.25) is 0 Å². The summed E-state index contributed by atoms with van der Waals surface area (Å²) in [7, 11) is 0. The summed E-state index contributed by atoms with van der Waals surface area (Å²) in [4.78, 5) is 8.27. The van der Waals surface area contributed by atoms with Gasteiger partial charge < -0.3 is 20.4 Å². The van der Waals surface area contributed by atoms with Gasteiger partial charge in [0.15, 0.2) is 0 Å². The Morgan fingerprint density at radius 2 is 0.897 bits per heavy atom. The molecule has 4 N–H and O–H groups in total. The fraction of sp³-hybridized carbons (Fsp3) is 0. The molecule has 7 nitrogen and oxygen atoms in total. The Bertz CT molecular complexity index is 1630. The van der Waals surface area contributed by atoms with E-state index in [-0.39, 0.29) is 23.0 Å². The minimum Gasteiger partial charge on any atom is -0.506 e. The number of thiazole rings is 1. The average molecular weight is 608 g/mol. The second-order valence-corrected chi connectivity index (χ2v) is 13.2. The summed E-state index contributed by atoms with van der Waals surface area (Å²) in [6, 6.07) is 19.4. The standard InChI is InChI=1S/C27H17N3O4S5/c31-23-15-4-1-5-16(23)37-18-7-3-9-20(25(18)33)39-22-13-14(29-30-27-28-10-11-35-27)12-21(26(22)34)38-19-8-2-6-17(36-15)24(19)32/h1-13,31-34H. The topological polar surface area (TPSA) is 119 Å². The molecule has 0 radical (unpaired) electrons. The van der Waals surface area contributed by atoms with Crippen molar-refractivity contribution in [3.8, 4) is 23.0 Å². The molecule has 0 spiro atoms. The number of azo groups is 1. The fourth-order valence-corrected chi connectivity index (χ4v) is 8.17. The van der Waals surface area contributed by atoms with Gasteiger partial charge in [-0.1, -0.05) is 65.2 Å². The summed E-state index contributed by atoms with van der Waals surface area (Å²) >= 11 is 6.17. The SMILES string of the molecule is Oc1c2cccc1Sc1cccc(c1O)Sc1cc(N=Nc3nccs3)cc(c1O)Sc1cccc(c1O)S2. The molecule has 0 aliphatic carbocycles. The number of phenolic OH excluding ortho intramolecular Hbond substituents is 4. The summed E-state index contributed by atoms with van der Waals surface area (Å²) in [5.41, 5.74) is 0.476. The molecule has 0 saturated heterocycles. The van der Waals surface area contributed by atoms with E-state index in [0.29, 0.717) is 50.0 Å². The Morgan fingerprint density at radius 1 is 0.513 bits per heavy atom. The van der Waals surface area contributed by atoms with Crippen LogP contribution in [0, 0.1) is 0 Å². The van der Waals surface area contributed by atoms with Gasteiger partial charge in [-0.25, -0.2) is 4.98 Å². The zero-order chi connectivity index (χ0) is 26.9. The van der Waals surface area contributed by atoms with Crippen LogP contribution in [0.2, 0.25) is 0 Å². The highest BCUT2D eigenvalue weighted by Gasteiger charge is 2.20. The first-order valence-electron chi connectivity index (χ1n) is 11.3. The number of nitrogens with zero attached hydrogens (tertiary/aromatic N) is 3. The molecule has 5 aromatic rings. The van der Waals surface area contributed by atoms with Crippen LogP contribution >= 0.6 is 58.4 Å². The summed E-state index contributed by atoms with van der Waals surface area (Å²) in [6.45, 7) is 0. The maximum Gasteiger partial charge on any atom is 0.229 e. The van der Waals surface area contributed by atoms with Crippen LogP contribution in [0.5, 0.6) is 23.0 Å². The molecule has 6 rings (SSSR count). The van der Waals surface area contributed by atoms with E-state index < -0.39 is 0 Å². The lowest BCUT2D eigenvalue weighted by molar-refractivity contribution is 0.444. The van der Waals surface area contributed by atoms with E-state index in [0.717, 1.165) is 0 Å². The van der Waals surface area contributed by atoms with Crippen molar-refractivity contribution in [1.29, 1.82) is 0 Å². The van der Waals surface area contributed by atoms with Crippen LogP contribution in [0.1, 0.15) is 0 Å². The van der Waals surface area contributed by atoms with Gasteiger partial charge in [-0.2, -0.15) is 0 Å². The number of hydrogen-bond acceptors (Lipinski definition) is 12. The molecule has 0 fully saturated rings. The van der Waals surface area contributed by atoms with E-state index >= 15 is 0 Å². The molecule has 0 amide bonds. The second kappa shape index (κ2) is 11.1. The van der Waals surface area contributed by atoms with Crippen molar-refractivity contribution in [2.45, 2.75) is 39.2 Å². The Labute approximate surface area is 244 Å². The molecule has 1 aromatic heterocycles. The van der Waals surface area contributed by atoms with Crippen molar-refractivity contribution < 1.29 is 20.4 Å². The highest BCUT2D eigenvalue weighted by Crippen LogP contribution is 2.53. The van der Waals surface area contributed by atoms with E-state index in [1.165, 1.54) is 58.4 Å². The molecule has 1 aliphatic rings. The number of phenols is 4. The van der Waals surface area contributed by atoms with Crippen molar-refractivity contribution in [2.24, 2.45) is 10.2 Å². The van der Waals surface area contributed by atoms with E-state index in [1.54, 1.807) is 60.1 Å². The predicted octanol–water partition coefficient (Wildman–Crippen LogP) is 9.30. The van der Waals surface area contributed by atoms with E-state index in [1.807, 2.05) is 18.2 Å². The van der Waals surface area contributed by atoms with Gasteiger partial charge in [-0.15, -0.1) is 21.6 Å². The maximum atomic E-state index is 11.3. The lowest BCUT2D eigenvalue weighted by Crippen LogP contribution is -1.86. The number of para-hydroxylation sites is 3. The number of aromatic nitrogens is 1. The Kier molecular flexibility index (Phi) is 7.36. The lowest BCUT2D eigenvalue weighted by Gasteiger charge is -2.16. The predicted molar refractivity (Wildman–Crippen MR) is 155 cm³/mol. The highest BCUT2D eigenvalue weighted by atomic mass is 32.2. The first-order valence-corrected chi connectivity index (χ1v) is 15.5. The molecule has 0 atom stereocenters. The summed E-state index contributed by atoms with van der Waals surface area (Å²) in [6.07, 6.45) is 1.64. The third-order valence-corrected chi connectivity index (χ3v) is 10.5. The first kappa shape index (κ1) is 26.0. The van der Waals surface area contributed by atoms with Gasteiger partial charge in [0.1, 0.15) is 23.0 Å². The third-order valence-electron chi connectivity index (χ3n) is 5.46. The quantitative estimate of drug-likeness (QED) is 0.143. The molecule has 4 aromatic carbocycles. The zero-order valence-corrected chi connectivity index (χ0v) is 23.8. The molecular weight excluding hydrogens is 591 g/mol. The number of aromatic hydroxyl groups is 4. The van der Waals surface area contributed by atoms with Crippen LogP contribution in [0.4, 0.5) is 10.8 Å². The number of fused-ring (bicyclic) bond motifs is 8. The molecule has 194 valence electrons. The van der Waals surface area contributed by atoms with Crippen LogP contribution in [0.3, 0.4) is 0 Å². The van der Waals surface area contributed by atoms with Gasteiger partial charge in [0.2, 0.25) is 5.13 Å². The van der Waals surface area contributed by atoms with Crippen LogP contribution < -0.4 is 0 Å². The van der Waals surface area contributed by atoms with E-state index in [9.17, 15) is 20.4 Å².